The van der Waals surface area contributed by atoms with Crippen molar-refractivity contribution in [2.24, 2.45) is 35.5 Å². The summed E-state index contributed by atoms with van der Waals surface area (Å²) < 4.78 is 45.7. The summed E-state index contributed by atoms with van der Waals surface area (Å²) in [7, 11) is 0. The van der Waals surface area contributed by atoms with Crippen LogP contribution >= 0.6 is 0 Å². The first-order chi connectivity index (χ1) is 67.4. The Bertz CT molecular complexity index is 3970. The van der Waals surface area contributed by atoms with E-state index < -0.39 is 0 Å². The Morgan fingerprint density at radius 2 is 0.624 bits per heavy atom. The van der Waals surface area contributed by atoms with E-state index in [1.165, 1.54) is 171 Å². The molecule has 0 spiro atoms. The third-order valence-electron chi connectivity index (χ3n) is 32.5. The molecule has 0 radical (unpaired) electrons. The maximum Gasteiger partial charge on any atom is 0.410 e. The highest BCUT2D eigenvalue weighted by molar-refractivity contribution is 5.72. The van der Waals surface area contributed by atoms with E-state index >= 15 is 0 Å². The fraction of sp³-hybridized carbons (Fsp3) is 0.783. The molecule has 8 saturated carbocycles. The van der Waals surface area contributed by atoms with Gasteiger partial charge in [0.1, 0.15) is 44.8 Å². The van der Waals surface area contributed by atoms with Crippen molar-refractivity contribution in [3.8, 4) is 0 Å². The zero-order chi connectivity index (χ0) is 102. The number of amides is 5. The lowest BCUT2D eigenvalue weighted by atomic mass is 9.54. The van der Waals surface area contributed by atoms with Gasteiger partial charge in [-0.15, -0.1) is 0 Å². The Kier molecular flexibility index (Phi) is 51.4. The molecule has 5 amide bonds. The maximum atomic E-state index is 12.4. The second-order valence-corrected chi connectivity index (χ2v) is 46.8. The summed E-state index contributed by atoms with van der Waals surface area (Å²) in [5, 5.41) is 0. The number of ether oxygens (including phenoxy) is 8. The first-order valence-corrected chi connectivity index (χ1v) is 57.1. The van der Waals surface area contributed by atoms with E-state index in [-0.39, 0.29) is 93.2 Å². The van der Waals surface area contributed by atoms with Crippen LogP contribution in [0.3, 0.4) is 0 Å². The molecule has 13 fully saturated rings. The molecule has 5 saturated heterocycles. The van der Waals surface area contributed by atoms with Crippen LogP contribution in [-0.2, 0) is 71.5 Å². The lowest BCUT2D eigenvalue weighted by Gasteiger charge is -2.55. The second-order valence-electron chi connectivity index (χ2n) is 46.8. The highest BCUT2D eigenvalue weighted by Gasteiger charge is 2.54. The predicted molar refractivity (Wildman–Crippen MR) is 568 cm³/mol. The summed E-state index contributed by atoms with van der Waals surface area (Å²) in [5.74, 6) is 3.89. The van der Waals surface area contributed by atoms with Gasteiger partial charge >= 0.3 is 48.4 Å². The van der Waals surface area contributed by atoms with Crippen molar-refractivity contribution in [1.29, 1.82) is 0 Å². The van der Waals surface area contributed by atoms with E-state index in [0.29, 0.717) is 37.0 Å². The molecule has 21 nitrogen and oxygen atoms in total. The average Bonchev–Trinajstić information content (AvgIpc) is 0.745. The van der Waals surface area contributed by atoms with Crippen molar-refractivity contribution in [2.75, 3.05) is 65.4 Å². The van der Waals surface area contributed by atoms with Crippen molar-refractivity contribution >= 4 is 48.4 Å². The third-order valence-corrected chi connectivity index (χ3v) is 32.5. The highest BCUT2D eigenvalue weighted by Crippen LogP contribution is 2.57. The highest BCUT2D eigenvalue weighted by atomic mass is 16.6. The fourth-order valence-electron chi connectivity index (χ4n) is 23.3. The smallest absolute Gasteiger partial charge is 0.410 e. The normalized spacial score (nSPS) is 21.9. The van der Waals surface area contributed by atoms with E-state index in [1.54, 1.807) is 4.90 Å². The summed E-state index contributed by atoms with van der Waals surface area (Å²) in [5.41, 5.74) is 1.87. The fourth-order valence-corrected chi connectivity index (χ4v) is 23.3. The number of benzene rings is 3. The first kappa shape index (κ1) is 119. The molecule has 5 heterocycles. The Morgan fingerprint density at radius 1 is 0.326 bits per heavy atom. The molecule has 0 aromatic heterocycles. The van der Waals surface area contributed by atoms with Crippen molar-refractivity contribution in [3.05, 3.63) is 108 Å². The summed E-state index contributed by atoms with van der Waals surface area (Å²) in [4.78, 5) is 105. The molecular weight excluding hydrogens is 1770 g/mol. The van der Waals surface area contributed by atoms with Crippen LogP contribution in [0.15, 0.2) is 91.0 Å². The van der Waals surface area contributed by atoms with Crippen LogP contribution in [0.2, 0.25) is 0 Å². The van der Waals surface area contributed by atoms with Crippen molar-refractivity contribution in [3.63, 3.8) is 0 Å². The minimum Gasteiger partial charge on any atom is -0.460 e. The molecule has 3 aromatic rings. The second kappa shape index (κ2) is 61.1. The number of hydrogen-bond donors (Lipinski definition) is 0. The number of carbonyl (C=O) groups is 8. The van der Waals surface area contributed by atoms with Crippen LogP contribution in [0, 0.1) is 35.5 Å². The molecule has 8 aliphatic carbocycles. The lowest BCUT2D eigenvalue weighted by molar-refractivity contribution is -0.170. The largest absolute Gasteiger partial charge is 0.460 e. The Morgan fingerprint density at radius 3 is 0.965 bits per heavy atom. The van der Waals surface area contributed by atoms with Crippen LogP contribution < -0.4 is 0 Å². The van der Waals surface area contributed by atoms with Gasteiger partial charge in [-0.2, -0.15) is 0 Å². The van der Waals surface area contributed by atoms with Crippen molar-refractivity contribution < 1.29 is 76.3 Å². The molecule has 13 aliphatic rings. The first-order valence-electron chi connectivity index (χ1n) is 57.1. The monoisotopic (exact) mass is 1960 g/mol. The zero-order valence-corrected chi connectivity index (χ0v) is 91.6. The van der Waals surface area contributed by atoms with E-state index in [9.17, 15) is 38.4 Å². The number of likely N-dealkylation sites (tertiary alicyclic amines) is 5. The average molecular weight is 1970 g/mol. The van der Waals surface area contributed by atoms with Gasteiger partial charge in [0.25, 0.3) is 0 Å². The number of nitrogens with zero attached hydrogens (tertiary/aromatic N) is 5. The van der Waals surface area contributed by atoms with Gasteiger partial charge in [0, 0.05) is 84.7 Å². The van der Waals surface area contributed by atoms with E-state index in [2.05, 4.69) is 106 Å². The number of piperidine rings is 5. The molecule has 4 bridgehead atoms. The number of esters is 3. The van der Waals surface area contributed by atoms with E-state index in [0.717, 1.165) is 257 Å². The molecule has 798 valence electrons. The summed E-state index contributed by atoms with van der Waals surface area (Å²) in [6.07, 6.45) is 59.3. The number of carbonyl (C=O) groups excluding carboxylic acids is 8. The SMILES string of the molecule is CC(C)(C)OC(=O)N1CCCCC1.CC(C)(OC(=O)CCCc1ccccc1)C1CCCCC1.CC(C)(OC(=O)N1CCCCC1)C1CCCCC1.CC(C)C1(OC(=O)CCCc2ccccc2)CCCCC1.CC1(OC(=O)N2CCCCC2)CCCCC1.CCC(C)(C)OC(=O)CCCc1ccccc1.CCC(CC)(CC)OC(=O)N1CCCCC1.O=C(OC12CC3CC(CC(C3)C1)C2)N1CCCCC1. The molecule has 16 rings (SSSR count). The predicted octanol–water partition coefficient (Wildman–Crippen LogP) is 30.4. The third kappa shape index (κ3) is 43.5. The van der Waals surface area contributed by atoms with Gasteiger partial charge in [-0.25, -0.2) is 24.0 Å². The minimum absolute atomic E-state index is 0.0124. The molecule has 0 unspecified atom stereocenters. The van der Waals surface area contributed by atoms with Crippen molar-refractivity contribution in [1.82, 2.24) is 24.5 Å². The van der Waals surface area contributed by atoms with Gasteiger partial charge in [-0.3, -0.25) is 14.4 Å². The van der Waals surface area contributed by atoms with Gasteiger partial charge in [0.15, 0.2) is 0 Å². The van der Waals surface area contributed by atoms with Crippen LogP contribution in [0.5, 0.6) is 0 Å². The summed E-state index contributed by atoms with van der Waals surface area (Å²) in [6, 6.07) is 30.9. The summed E-state index contributed by atoms with van der Waals surface area (Å²) in [6.45, 7) is 41.5. The minimum atomic E-state index is -0.367. The Hall–Kier alpha value is -7.58. The van der Waals surface area contributed by atoms with Gasteiger partial charge < -0.3 is 62.4 Å². The topological polar surface area (TPSA) is 227 Å². The Labute approximate surface area is 855 Å². The number of rotatable bonds is 26. The Balaban J connectivity index is 0.000000198. The van der Waals surface area contributed by atoms with Gasteiger partial charge in [-0.05, 0) is 398 Å². The standard InChI is InChI=1S/2C19H28O2.C16H25NO2.C15H27NO2.C15H22O2.C13H23NO2.C13H25NO2.C10H19NO2/c1-16(2)19(14-7-4-8-15-19)21-18(20)13-9-12-17-10-5-3-6-11-17;1-19(2,17-13-7-4-8-14-17)21-18(20)15-9-12-16-10-5-3-6-11-16;18-15(17-4-2-1-3-5-17)19-16-9-12-6-13(10-16)8-14(7-12)11-16;1-15(2,13-9-5-3-6-10-13)18-14(17)16-11-7-4-8-12-16;1-4-15(2,3)17-14(16)12-8-11-13-9-6-5-7-10-13;1-13(8-4-2-5-9-13)16-12(15)14-10-6-3-7-11-14;1-4-13(5-2,6-3)16-12(15)14-10-8-7-9-11-14;1-10(2,3)13-9(12)11-7-5-4-6-8-11/h3,5-6,10-11,16H,4,7-9,12-15H2,1-2H3;3,5-6,10-11,17H,4,7-9,12-15H2,1-2H3;12-14H,1-11H2;13H,3-12H2,1-2H3;5-7,9-10H,4,8,11-12H2,1-3H3;2-11H2,1H3;4-11H2,1-3H3;4-8H2,1-3H3. The molecule has 0 atom stereocenters. The van der Waals surface area contributed by atoms with Gasteiger partial charge in [0.05, 0.1) is 0 Å². The molecular formula is C120H197N5O16. The van der Waals surface area contributed by atoms with Gasteiger partial charge in [-0.1, -0.05) is 184 Å². The number of aryl methyl sites for hydroxylation is 3. The van der Waals surface area contributed by atoms with E-state index in [1.807, 2.05) is 116 Å². The van der Waals surface area contributed by atoms with Crippen LogP contribution in [0.4, 0.5) is 24.0 Å². The van der Waals surface area contributed by atoms with Crippen molar-refractivity contribution in [2.45, 2.75) is 502 Å². The van der Waals surface area contributed by atoms with Crippen LogP contribution in [-0.4, -0.2) is 183 Å². The molecule has 21 heteroatoms. The molecule has 5 aliphatic heterocycles. The molecule has 141 heavy (non-hydrogen) atoms. The number of hydrogen-bond acceptors (Lipinski definition) is 16. The summed E-state index contributed by atoms with van der Waals surface area (Å²) >= 11 is 0. The lowest BCUT2D eigenvalue weighted by Crippen LogP contribution is -2.54. The molecule has 0 N–H and O–H groups in total. The van der Waals surface area contributed by atoms with Crippen LogP contribution in [0.1, 0.15) is 455 Å². The van der Waals surface area contributed by atoms with Crippen LogP contribution in [0.25, 0.3) is 0 Å². The van der Waals surface area contributed by atoms with Gasteiger partial charge in [0.2, 0.25) is 0 Å². The zero-order valence-electron chi connectivity index (χ0n) is 91.6. The quantitative estimate of drug-likeness (QED) is 0.0538. The molecule has 3 aromatic carbocycles. The maximum absolute atomic E-state index is 12.4. The van der Waals surface area contributed by atoms with E-state index in [4.69, 9.17) is 37.9 Å².